The molecule has 6 rings (SSSR count). The Morgan fingerprint density at radius 2 is 1.59 bits per heavy atom. The van der Waals surface area contributed by atoms with Crippen molar-refractivity contribution in [1.29, 1.82) is 0 Å². The van der Waals surface area contributed by atoms with Crippen LogP contribution in [0.3, 0.4) is 0 Å². The van der Waals surface area contributed by atoms with Crippen LogP contribution in [-0.2, 0) is 0 Å². The highest BCUT2D eigenvalue weighted by atomic mass is 19.1. The highest BCUT2D eigenvalue weighted by molar-refractivity contribution is 6.18. The maximum atomic E-state index is 15.0. The first kappa shape index (κ1) is 20.7. The summed E-state index contributed by atoms with van der Waals surface area (Å²) in [6, 6.07) is 23.6. The quantitative estimate of drug-likeness (QED) is 0.367. The van der Waals surface area contributed by atoms with Gasteiger partial charge in [-0.05, 0) is 60.0 Å². The molecule has 34 heavy (non-hydrogen) atoms. The van der Waals surface area contributed by atoms with Gasteiger partial charge >= 0.3 is 0 Å². The Morgan fingerprint density at radius 3 is 2.26 bits per heavy atom. The fraction of sp³-hybridized carbons (Fsp3) is 0.167. The molecule has 4 aromatic rings. The minimum Gasteiger partial charge on any atom is -0.455 e. The second-order valence-electron chi connectivity index (χ2n) is 8.88. The van der Waals surface area contributed by atoms with E-state index >= 15 is 4.39 Å². The van der Waals surface area contributed by atoms with E-state index in [-0.39, 0.29) is 5.82 Å². The number of nitrogens with zero attached hydrogens (tertiary/aromatic N) is 1. The monoisotopic (exact) mass is 448 g/mol. The van der Waals surface area contributed by atoms with Crippen molar-refractivity contribution in [3.63, 3.8) is 0 Å². The molecule has 3 nitrogen and oxygen atoms in total. The molecule has 0 spiro atoms. The molecule has 2 aliphatic rings. The molecule has 0 amide bonds. The molecule has 0 aliphatic carbocycles. The third-order valence-corrected chi connectivity index (χ3v) is 6.77. The van der Waals surface area contributed by atoms with Crippen LogP contribution in [0.1, 0.15) is 35.6 Å². The molecule has 0 aromatic heterocycles. The van der Waals surface area contributed by atoms with E-state index in [1.165, 1.54) is 0 Å². The number of halogens is 1. The van der Waals surface area contributed by atoms with Gasteiger partial charge in [0.2, 0.25) is 0 Å². The summed E-state index contributed by atoms with van der Waals surface area (Å²) in [6.45, 7) is 5.71. The van der Waals surface area contributed by atoms with Crippen molar-refractivity contribution in [1.82, 2.24) is 5.32 Å². The number of aliphatic imine (C=N–C) groups is 1. The summed E-state index contributed by atoms with van der Waals surface area (Å²) in [5.74, 6) is 2.09. The van der Waals surface area contributed by atoms with Crippen molar-refractivity contribution >= 4 is 27.9 Å². The lowest BCUT2D eigenvalue weighted by Crippen LogP contribution is -2.31. The van der Waals surface area contributed by atoms with Crippen molar-refractivity contribution < 1.29 is 9.13 Å². The molecular formula is C30H25FN2O. The number of hydrogen-bond donors (Lipinski definition) is 1. The third kappa shape index (κ3) is 3.21. The van der Waals surface area contributed by atoms with Crippen molar-refractivity contribution in [2.45, 2.75) is 20.3 Å². The first-order valence-corrected chi connectivity index (χ1v) is 11.7. The Hall–Kier alpha value is -3.92. The Labute approximate surface area is 198 Å². The van der Waals surface area contributed by atoms with Crippen LogP contribution in [-0.4, -0.2) is 18.9 Å². The van der Waals surface area contributed by atoms with Crippen LogP contribution in [0.2, 0.25) is 0 Å². The van der Waals surface area contributed by atoms with Gasteiger partial charge in [0.15, 0.2) is 0 Å². The molecule has 0 saturated carbocycles. The lowest BCUT2D eigenvalue weighted by molar-refractivity contribution is 0.517. The summed E-state index contributed by atoms with van der Waals surface area (Å²) in [6.07, 6.45) is 0.998. The van der Waals surface area contributed by atoms with E-state index in [0.717, 1.165) is 86.6 Å². The molecule has 0 bridgehead atoms. The average molecular weight is 449 g/mol. The summed E-state index contributed by atoms with van der Waals surface area (Å²) in [4.78, 5) is 4.87. The normalized spacial score (nSPS) is 15.1. The average Bonchev–Trinajstić information content (AvgIpc) is 2.88. The molecule has 0 fully saturated rings. The van der Waals surface area contributed by atoms with E-state index in [2.05, 4.69) is 24.4 Å². The van der Waals surface area contributed by atoms with Crippen molar-refractivity contribution in [2.24, 2.45) is 4.99 Å². The number of aryl methyl sites for hydroxylation is 1. The summed E-state index contributed by atoms with van der Waals surface area (Å²) < 4.78 is 21.8. The summed E-state index contributed by atoms with van der Waals surface area (Å²) >= 11 is 0. The topological polar surface area (TPSA) is 33.6 Å². The third-order valence-electron chi connectivity index (χ3n) is 6.77. The van der Waals surface area contributed by atoms with Crippen LogP contribution < -0.4 is 10.1 Å². The first-order chi connectivity index (χ1) is 16.6. The van der Waals surface area contributed by atoms with Gasteiger partial charge in [0.25, 0.3) is 0 Å². The van der Waals surface area contributed by atoms with E-state index in [0.29, 0.717) is 0 Å². The number of nitrogens with one attached hydrogen (secondary N) is 1. The molecular weight excluding hydrogens is 423 g/mol. The second-order valence-corrected chi connectivity index (χ2v) is 8.88. The Balaban J connectivity index is 1.76. The standard InChI is InChI=1S/C30H25FN2O/c1-18-23-16-22(31)17-24-19(2)28(21-12-7-4-8-13-21)34-29(26(23)24)27(30-32-14-9-15-33-30)25(18)20-10-5-3-6-11-20/h3-8,10-13,16-17H,9,14-15H2,1-2H3,(H,32,33). The van der Waals surface area contributed by atoms with Gasteiger partial charge in [-0.2, -0.15) is 0 Å². The smallest absolute Gasteiger partial charge is 0.147 e. The molecule has 2 heterocycles. The summed E-state index contributed by atoms with van der Waals surface area (Å²) in [5, 5.41) is 5.33. The predicted molar refractivity (Wildman–Crippen MR) is 138 cm³/mol. The van der Waals surface area contributed by atoms with Gasteiger partial charge in [-0.1, -0.05) is 60.7 Å². The zero-order valence-electron chi connectivity index (χ0n) is 19.3. The van der Waals surface area contributed by atoms with E-state index in [9.17, 15) is 0 Å². The minimum atomic E-state index is -0.245. The highest BCUT2D eigenvalue weighted by Gasteiger charge is 2.31. The number of allylic oxidation sites excluding steroid dienone is 1. The Kier molecular flexibility index (Phi) is 4.95. The maximum Gasteiger partial charge on any atom is 0.147 e. The van der Waals surface area contributed by atoms with Crippen LogP contribution in [0.5, 0.6) is 5.75 Å². The number of hydrogen-bond acceptors (Lipinski definition) is 3. The zero-order chi connectivity index (χ0) is 23.2. The summed E-state index contributed by atoms with van der Waals surface area (Å²) in [5.41, 5.74) is 6.83. The maximum absolute atomic E-state index is 15.0. The lowest BCUT2D eigenvalue weighted by Gasteiger charge is -2.29. The number of ether oxygens (including phenoxy) is 1. The van der Waals surface area contributed by atoms with Gasteiger partial charge < -0.3 is 10.1 Å². The fourth-order valence-electron chi connectivity index (χ4n) is 5.16. The van der Waals surface area contributed by atoms with Gasteiger partial charge in [0, 0.05) is 29.6 Å². The van der Waals surface area contributed by atoms with Crippen LogP contribution in [0.25, 0.3) is 33.2 Å². The fourth-order valence-corrected chi connectivity index (χ4v) is 5.16. The van der Waals surface area contributed by atoms with Crippen molar-refractivity contribution in [3.05, 3.63) is 101 Å². The molecule has 0 saturated heterocycles. The van der Waals surface area contributed by atoms with E-state index in [4.69, 9.17) is 9.73 Å². The van der Waals surface area contributed by atoms with Crippen LogP contribution in [0.15, 0.2) is 77.8 Å². The highest BCUT2D eigenvalue weighted by Crippen LogP contribution is 2.49. The minimum absolute atomic E-state index is 0.245. The first-order valence-electron chi connectivity index (χ1n) is 11.7. The van der Waals surface area contributed by atoms with Gasteiger partial charge in [-0.3, -0.25) is 4.99 Å². The van der Waals surface area contributed by atoms with Crippen LogP contribution in [0, 0.1) is 12.7 Å². The molecule has 1 N–H and O–H groups in total. The van der Waals surface area contributed by atoms with Crippen molar-refractivity contribution in [2.75, 3.05) is 13.1 Å². The van der Waals surface area contributed by atoms with Crippen molar-refractivity contribution in [3.8, 4) is 16.9 Å². The van der Waals surface area contributed by atoms with Crippen LogP contribution >= 0.6 is 0 Å². The van der Waals surface area contributed by atoms with Gasteiger partial charge in [0.05, 0.1) is 5.56 Å². The molecule has 4 heteroatoms. The van der Waals surface area contributed by atoms with Gasteiger partial charge in [-0.25, -0.2) is 4.39 Å². The predicted octanol–water partition coefficient (Wildman–Crippen LogP) is 6.97. The molecule has 168 valence electrons. The van der Waals surface area contributed by atoms with Gasteiger partial charge in [0.1, 0.15) is 23.2 Å². The number of rotatable bonds is 3. The lowest BCUT2D eigenvalue weighted by atomic mass is 9.84. The van der Waals surface area contributed by atoms with Crippen LogP contribution in [0.4, 0.5) is 4.39 Å². The Morgan fingerprint density at radius 1 is 0.882 bits per heavy atom. The van der Waals surface area contributed by atoms with E-state index < -0.39 is 0 Å². The number of benzene rings is 4. The van der Waals surface area contributed by atoms with E-state index in [1.54, 1.807) is 12.1 Å². The molecule has 0 radical (unpaired) electrons. The van der Waals surface area contributed by atoms with E-state index in [1.807, 2.05) is 55.5 Å². The molecule has 0 atom stereocenters. The molecule has 4 aromatic carbocycles. The molecule has 0 unspecified atom stereocenters. The zero-order valence-corrected chi connectivity index (χ0v) is 19.3. The van der Waals surface area contributed by atoms with Gasteiger partial charge in [-0.15, -0.1) is 0 Å². The Bertz CT molecular complexity index is 1490. The molecule has 2 aliphatic heterocycles. The second kappa shape index (κ2) is 8.14. The summed E-state index contributed by atoms with van der Waals surface area (Å²) in [7, 11) is 0. The number of amidine groups is 1. The largest absolute Gasteiger partial charge is 0.455 e. The SMILES string of the molecule is CC1=C(c2ccccc2)Oc2c(C3=NCCCN3)c(-c3ccccc3)c(C)c3cc(F)cc1c23.